The highest BCUT2D eigenvalue weighted by atomic mass is 32.1. The molecule has 24 heavy (non-hydrogen) atoms. The fraction of sp³-hybridized carbons (Fsp3) is 0.389. The van der Waals surface area contributed by atoms with Crippen molar-refractivity contribution in [3.8, 4) is 11.3 Å². The first-order valence-electron chi connectivity index (χ1n) is 7.96. The summed E-state index contributed by atoms with van der Waals surface area (Å²) in [5.41, 5.74) is 3.18. The highest BCUT2D eigenvalue weighted by Crippen LogP contribution is 2.31. The van der Waals surface area contributed by atoms with Crippen LogP contribution < -0.4 is 5.32 Å². The number of nitrogens with zero attached hydrogens (tertiary/aromatic N) is 1. The molecule has 128 valence electrons. The molecule has 0 aliphatic heterocycles. The fourth-order valence-electron chi connectivity index (χ4n) is 2.33. The van der Waals surface area contributed by atoms with Crippen LogP contribution in [0.2, 0.25) is 0 Å². The molecular formula is C18H22N2O3S. The first-order chi connectivity index (χ1) is 11.4. The third-order valence-corrected chi connectivity index (χ3v) is 4.57. The zero-order chi connectivity index (χ0) is 17.7. The minimum atomic E-state index is -0.889. The minimum Gasteiger partial charge on any atom is -0.481 e. The normalized spacial score (nSPS) is 10.8. The molecule has 0 saturated heterocycles. The number of nitrogens with one attached hydrogen (secondary N) is 1. The van der Waals surface area contributed by atoms with Gasteiger partial charge in [-0.15, -0.1) is 11.3 Å². The van der Waals surface area contributed by atoms with Gasteiger partial charge < -0.3 is 10.4 Å². The number of hydrogen-bond acceptors (Lipinski definition) is 4. The number of aromatic nitrogens is 1. The Labute approximate surface area is 145 Å². The number of benzene rings is 1. The summed E-state index contributed by atoms with van der Waals surface area (Å²) in [7, 11) is 0. The van der Waals surface area contributed by atoms with E-state index < -0.39 is 5.97 Å². The van der Waals surface area contributed by atoms with Gasteiger partial charge in [0.15, 0.2) is 5.13 Å². The lowest BCUT2D eigenvalue weighted by Crippen LogP contribution is -2.11. The summed E-state index contributed by atoms with van der Waals surface area (Å²) in [6, 6.07) is 8.30. The summed E-state index contributed by atoms with van der Waals surface area (Å²) < 4.78 is 0. The maximum atomic E-state index is 11.8. The van der Waals surface area contributed by atoms with Gasteiger partial charge in [-0.05, 0) is 24.8 Å². The van der Waals surface area contributed by atoms with Gasteiger partial charge in [-0.2, -0.15) is 0 Å². The lowest BCUT2D eigenvalue weighted by atomic mass is 10.0. The fourth-order valence-corrected chi connectivity index (χ4v) is 3.18. The van der Waals surface area contributed by atoms with Crippen molar-refractivity contribution in [2.45, 2.75) is 46.0 Å². The Bertz CT molecular complexity index is 720. The third-order valence-electron chi connectivity index (χ3n) is 3.69. The first-order valence-corrected chi connectivity index (χ1v) is 8.78. The van der Waals surface area contributed by atoms with Gasteiger partial charge in [0.2, 0.25) is 5.91 Å². The Balaban J connectivity index is 2.04. The molecule has 2 rings (SSSR count). The lowest BCUT2D eigenvalue weighted by molar-refractivity contribution is -0.137. The van der Waals surface area contributed by atoms with Crippen LogP contribution in [-0.2, 0) is 9.59 Å². The van der Waals surface area contributed by atoms with Crippen molar-refractivity contribution in [3.05, 3.63) is 34.7 Å². The van der Waals surface area contributed by atoms with E-state index in [-0.39, 0.29) is 18.7 Å². The molecule has 2 N–H and O–H groups in total. The second-order valence-corrected chi connectivity index (χ2v) is 7.20. The number of carbonyl (C=O) groups excluding carboxylic acids is 1. The summed E-state index contributed by atoms with van der Waals surface area (Å²) in [5, 5.41) is 11.9. The van der Waals surface area contributed by atoms with Crippen molar-refractivity contribution in [1.29, 1.82) is 0 Å². The molecule has 0 bridgehead atoms. The van der Waals surface area contributed by atoms with Gasteiger partial charge in [0.1, 0.15) is 0 Å². The minimum absolute atomic E-state index is 0.00222. The number of hydrogen-bond donors (Lipinski definition) is 2. The van der Waals surface area contributed by atoms with Crippen LogP contribution in [0.25, 0.3) is 11.3 Å². The number of aliphatic carboxylic acids is 1. The van der Waals surface area contributed by atoms with E-state index in [9.17, 15) is 9.59 Å². The van der Waals surface area contributed by atoms with Gasteiger partial charge >= 0.3 is 5.97 Å². The Kier molecular flexibility index (Phi) is 6.09. The summed E-state index contributed by atoms with van der Waals surface area (Å²) in [6.45, 7) is 6.28. The number of carboxylic acid groups (broad SMARTS) is 1. The predicted molar refractivity (Wildman–Crippen MR) is 96.5 cm³/mol. The van der Waals surface area contributed by atoms with Crippen molar-refractivity contribution in [1.82, 2.24) is 4.98 Å². The number of amides is 1. The number of thiazole rings is 1. The van der Waals surface area contributed by atoms with Gasteiger partial charge in [-0.25, -0.2) is 4.98 Å². The Morgan fingerprint density at radius 2 is 1.88 bits per heavy atom. The number of carboxylic acids is 1. The maximum Gasteiger partial charge on any atom is 0.303 e. The van der Waals surface area contributed by atoms with E-state index in [1.54, 1.807) is 0 Å². The molecule has 6 heteroatoms. The molecule has 1 aromatic carbocycles. The third kappa shape index (κ3) is 4.89. The molecule has 1 amide bonds. The zero-order valence-electron chi connectivity index (χ0n) is 14.1. The Morgan fingerprint density at radius 3 is 2.46 bits per heavy atom. The molecule has 0 unspecified atom stereocenters. The maximum absolute atomic E-state index is 11.8. The van der Waals surface area contributed by atoms with Gasteiger partial charge in [0.25, 0.3) is 0 Å². The van der Waals surface area contributed by atoms with Crippen LogP contribution >= 0.6 is 11.3 Å². The average Bonchev–Trinajstić information content (AvgIpc) is 2.87. The topological polar surface area (TPSA) is 79.3 Å². The number of rotatable bonds is 7. The summed E-state index contributed by atoms with van der Waals surface area (Å²) in [6.07, 6.45) is 0.510. The molecule has 2 aromatic rings. The summed E-state index contributed by atoms with van der Waals surface area (Å²) in [4.78, 5) is 27.8. The SMILES string of the molecule is Cc1sc(NC(=O)CCCC(=O)O)nc1-c1ccc(C(C)C)cc1. The quantitative estimate of drug-likeness (QED) is 0.777. The van der Waals surface area contributed by atoms with Crippen LogP contribution in [-0.4, -0.2) is 22.0 Å². The summed E-state index contributed by atoms with van der Waals surface area (Å²) >= 11 is 1.43. The van der Waals surface area contributed by atoms with E-state index in [0.29, 0.717) is 17.5 Å². The van der Waals surface area contributed by atoms with Crippen molar-refractivity contribution in [3.63, 3.8) is 0 Å². The molecule has 1 aromatic heterocycles. The monoisotopic (exact) mass is 346 g/mol. The van der Waals surface area contributed by atoms with E-state index in [1.165, 1.54) is 16.9 Å². The van der Waals surface area contributed by atoms with Crippen molar-refractivity contribution in [2.24, 2.45) is 0 Å². The Hall–Kier alpha value is -2.21. The smallest absolute Gasteiger partial charge is 0.303 e. The van der Waals surface area contributed by atoms with E-state index in [0.717, 1.165) is 16.1 Å². The molecule has 0 aliphatic carbocycles. The number of carbonyl (C=O) groups is 2. The molecule has 0 atom stereocenters. The standard InChI is InChI=1S/C18H22N2O3S/c1-11(2)13-7-9-14(10-8-13)17-12(3)24-18(20-17)19-15(21)5-4-6-16(22)23/h7-11H,4-6H2,1-3H3,(H,22,23)(H,19,20,21). The molecule has 0 fully saturated rings. The number of aryl methyl sites for hydroxylation is 1. The predicted octanol–water partition coefficient (Wildman–Crippen LogP) is 4.44. The molecule has 0 spiro atoms. The average molecular weight is 346 g/mol. The van der Waals surface area contributed by atoms with Gasteiger partial charge in [-0.3, -0.25) is 9.59 Å². The van der Waals surface area contributed by atoms with Crippen molar-refractivity contribution in [2.75, 3.05) is 5.32 Å². The molecule has 5 nitrogen and oxygen atoms in total. The second-order valence-electron chi connectivity index (χ2n) is 6.00. The first kappa shape index (κ1) is 18.1. The molecular weight excluding hydrogens is 324 g/mol. The van der Waals surface area contributed by atoms with Crippen LogP contribution in [0.4, 0.5) is 5.13 Å². The van der Waals surface area contributed by atoms with E-state index >= 15 is 0 Å². The Morgan fingerprint density at radius 1 is 1.21 bits per heavy atom. The molecule has 0 aliphatic rings. The zero-order valence-corrected chi connectivity index (χ0v) is 14.9. The second kappa shape index (κ2) is 8.06. The molecule has 0 radical (unpaired) electrons. The highest BCUT2D eigenvalue weighted by Gasteiger charge is 2.12. The number of anilines is 1. The van der Waals surface area contributed by atoms with Crippen LogP contribution in [0.1, 0.15) is 49.5 Å². The van der Waals surface area contributed by atoms with Crippen LogP contribution in [0.3, 0.4) is 0 Å². The van der Waals surface area contributed by atoms with Gasteiger partial charge in [0, 0.05) is 23.3 Å². The van der Waals surface area contributed by atoms with Gasteiger partial charge in [0.05, 0.1) is 5.69 Å². The van der Waals surface area contributed by atoms with E-state index in [4.69, 9.17) is 5.11 Å². The highest BCUT2D eigenvalue weighted by molar-refractivity contribution is 7.16. The van der Waals surface area contributed by atoms with Crippen molar-refractivity contribution >= 4 is 28.3 Å². The van der Waals surface area contributed by atoms with Gasteiger partial charge in [-0.1, -0.05) is 38.1 Å². The lowest BCUT2D eigenvalue weighted by Gasteiger charge is -2.06. The molecule has 0 saturated carbocycles. The summed E-state index contributed by atoms with van der Waals surface area (Å²) in [5.74, 6) is -0.608. The largest absolute Gasteiger partial charge is 0.481 e. The van der Waals surface area contributed by atoms with Crippen LogP contribution in [0.5, 0.6) is 0 Å². The van der Waals surface area contributed by atoms with E-state index in [2.05, 4.69) is 48.4 Å². The van der Waals surface area contributed by atoms with E-state index in [1.807, 2.05) is 6.92 Å². The van der Waals surface area contributed by atoms with Crippen LogP contribution in [0.15, 0.2) is 24.3 Å². The van der Waals surface area contributed by atoms with Crippen LogP contribution in [0, 0.1) is 6.92 Å². The van der Waals surface area contributed by atoms with Crippen molar-refractivity contribution < 1.29 is 14.7 Å². The molecule has 1 heterocycles.